The number of hydrogen-bond donors (Lipinski definition) is 0. The molecule has 0 N–H and O–H groups in total. The van der Waals surface area contributed by atoms with Crippen LogP contribution in [0.5, 0.6) is 0 Å². The number of halogens is 1. The fraction of sp³-hybridized carbons (Fsp3) is 1.00. The minimum absolute atomic E-state index is 0.0557. The summed E-state index contributed by atoms with van der Waals surface area (Å²) in [6.45, 7) is 24.0. The zero-order valence-corrected chi connectivity index (χ0v) is 21.4. The number of fused-ring (bicyclic) bond motifs is 1. The van der Waals surface area contributed by atoms with Gasteiger partial charge in [0.25, 0.3) is 0 Å². The summed E-state index contributed by atoms with van der Waals surface area (Å²) in [4.78, 5) is 0. The van der Waals surface area contributed by atoms with Crippen LogP contribution in [0, 0.1) is 35.0 Å². The predicted molar refractivity (Wildman–Crippen MR) is 117 cm³/mol. The highest BCUT2D eigenvalue weighted by atomic mass is 79.9. The topological polar surface area (TPSA) is 36.9 Å². The molecule has 11 unspecified atom stereocenters. The summed E-state index contributed by atoms with van der Waals surface area (Å²) in [7, 11) is 0. The highest BCUT2D eigenvalue weighted by Gasteiger charge is 2.56. The Balaban J connectivity index is 0.000000221. The molecule has 3 aliphatic rings. The Hall–Kier alpha value is 0.320. The third-order valence-corrected chi connectivity index (χ3v) is 8.98. The Morgan fingerprint density at radius 1 is 0.679 bits per heavy atom. The molecule has 5 heteroatoms. The molecule has 3 saturated heterocycles. The summed E-state index contributed by atoms with van der Waals surface area (Å²) in [5.74, 6) is 2.47. The van der Waals surface area contributed by atoms with Crippen molar-refractivity contribution in [2.24, 2.45) is 35.0 Å². The molecule has 3 fully saturated rings. The minimum Gasteiger partial charge on any atom is -0.363 e. The largest absolute Gasteiger partial charge is 0.363 e. The second-order valence-electron chi connectivity index (χ2n) is 10.6. The van der Waals surface area contributed by atoms with Gasteiger partial charge in [-0.15, -0.1) is 0 Å². The summed E-state index contributed by atoms with van der Waals surface area (Å²) in [5.41, 5.74) is -0.0557. The summed E-state index contributed by atoms with van der Waals surface area (Å²) in [6.07, 6.45) is 0.480. The quantitative estimate of drug-likeness (QED) is 0.400. The molecule has 0 spiro atoms. The normalized spacial score (nSPS) is 51.9. The first-order valence-electron chi connectivity index (χ1n) is 11.0. The zero-order chi connectivity index (χ0) is 21.6. The van der Waals surface area contributed by atoms with Crippen LogP contribution in [0.25, 0.3) is 0 Å². The molecule has 0 saturated carbocycles. The van der Waals surface area contributed by atoms with Gasteiger partial charge in [0, 0.05) is 5.41 Å². The summed E-state index contributed by atoms with van der Waals surface area (Å²) in [5, 5.41) is 0.253. The van der Waals surface area contributed by atoms with Crippen molar-refractivity contribution in [1.82, 2.24) is 0 Å². The van der Waals surface area contributed by atoms with Crippen molar-refractivity contribution < 1.29 is 18.9 Å². The minimum atomic E-state index is -0.555. The van der Waals surface area contributed by atoms with Crippen molar-refractivity contribution in [2.75, 3.05) is 0 Å². The molecule has 0 bridgehead atoms. The molecule has 0 radical (unpaired) electrons. The lowest BCUT2D eigenvalue weighted by molar-refractivity contribution is -0.256. The lowest BCUT2D eigenvalue weighted by atomic mass is 9.80. The zero-order valence-electron chi connectivity index (χ0n) is 19.8. The second-order valence-corrected chi connectivity index (χ2v) is 11.5. The van der Waals surface area contributed by atoms with Crippen LogP contribution in [0.3, 0.4) is 0 Å². The van der Waals surface area contributed by atoms with Crippen LogP contribution in [0.2, 0.25) is 0 Å². The van der Waals surface area contributed by atoms with E-state index in [0.717, 1.165) is 5.92 Å². The van der Waals surface area contributed by atoms with Crippen molar-refractivity contribution in [3.63, 3.8) is 0 Å². The third-order valence-electron chi connectivity index (χ3n) is 7.93. The van der Waals surface area contributed by atoms with Gasteiger partial charge in [0.2, 0.25) is 0 Å². The van der Waals surface area contributed by atoms with E-state index < -0.39 is 5.79 Å². The third kappa shape index (κ3) is 4.80. The molecule has 0 aliphatic carbocycles. The monoisotopic (exact) mass is 462 g/mol. The first kappa shape index (κ1) is 24.6. The van der Waals surface area contributed by atoms with Crippen molar-refractivity contribution in [1.29, 1.82) is 0 Å². The van der Waals surface area contributed by atoms with Gasteiger partial charge in [0.15, 0.2) is 12.1 Å². The van der Waals surface area contributed by atoms with E-state index in [4.69, 9.17) is 18.9 Å². The summed E-state index contributed by atoms with van der Waals surface area (Å²) in [6, 6.07) is 0. The van der Waals surface area contributed by atoms with Gasteiger partial charge in [-0.25, -0.2) is 0 Å². The second kappa shape index (κ2) is 8.82. The number of hydrogen-bond acceptors (Lipinski definition) is 4. The molecule has 0 aromatic heterocycles. The van der Waals surface area contributed by atoms with E-state index in [0.29, 0.717) is 29.8 Å². The average molecular weight is 463 g/mol. The lowest BCUT2D eigenvalue weighted by Gasteiger charge is -2.40. The van der Waals surface area contributed by atoms with Gasteiger partial charge in [0.1, 0.15) is 11.1 Å². The van der Waals surface area contributed by atoms with Crippen LogP contribution in [0.15, 0.2) is 0 Å². The SMILES string of the molecule is CC1OC(Br)C(C)C(C)C1C.CC1OC2OC(C)(C(C)(C)C)OC2C(C)C1C. The molecular weight excluding hydrogens is 420 g/mol. The molecule has 28 heavy (non-hydrogen) atoms. The van der Waals surface area contributed by atoms with Gasteiger partial charge in [-0.1, -0.05) is 71.3 Å². The maximum absolute atomic E-state index is 6.20. The van der Waals surface area contributed by atoms with E-state index in [-0.39, 0.29) is 28.9 Å². The molecule has 11 atom stereocenters. The summed E-state index contributed by atoms with van der Waals surface area (Å²) >= 11 is 3.54. The molecule has 0 amide bonds. The van der Waals surface area contributed by atoms with E-state index in [2.05, 4.69) is 85.2 Å². The van der Waals surface area contributed by atoms with Gasteiger partial charge >= 0.3 is 0 Å². The van der Waals surface area contributed by atoms with E-state index in [9.17, 15) is 0 Å². The molecule has 166 valence electrons. The lowest BCUT2D eigenvalue weighted by Crippen LogP contribution is -2.46. The Morgan fingerprint density at radius 2 is 1.18 bits per heavy atom. The number of ether oxygens (including phenoxy) is 4. The van der Waals surface area contributed by atoms with Gasteiger partial charge in [-0.3, -0.25) is 0 Å². The number of alkyl halides is 1. The molecule has 0 aromatic carbocycles. The van der Waals surface area contributed by atoms with Gasteiger partial charge in [-0.2, -0.15) is 0 Å². The van der Waals surface area contributed by atoms with E-state index >= 15 is 0 Å². The average Bonchev–Trinajstić information content (AvgIpc) is 2.94. The number of rotatable bonds is 0. The standard InChI is InChI=1S/C14H26O3.C9H17BrO/c1-8-9(2)11-12(15-10(8)3)17-14(7,16-11)13(4,5)6;1-5-6(2)8(4)11-9(10)7(5)3/h8-12H,1-7H3;5-9H,1-4H3. The Bertz CT molecular complexity index is 507. The molecular formula is C23H43BrO4. The van der Waals surface area contributed by atoms with E-state index in [1.54, 1.807) is 0 Å². The Kier molecular flexibility index (Phi) is 7.75. The van der Waals surface area contributed by atoms with E-state index in [1.807, 2.05) is 6.92 Å². The van der Waals surface area contributed by atoms with Crippen molar-refractivity contribution >= 4 is 15.9 Å². The predicted octanol–water partition coefficient (Wildman–Crippen LogP) is 6.22. The van der Waals surface area contributed by atoms with E-state index in [1.165, 1.54) is 0 Å². The smallest absolute Gasteiger partial charge is 0.187 e. The fourth-order valence-corrected chi connectivity index (χ4v) is 4.93. The maximum atomic E-state index is 6.20. The molecule has 3 heterocycles. The van der Waals surface area contributed by atoms with Crippen LogP contribution in [-0.2, 0) is 18.9 Å². The van der Waals surface area contributed by atoms with Gasteiger partial charge < -0.3 is 18.9 Å². The van der Waals surface area contributed by atoms with Crippen LogP contribution < -0.4 is 0 Å². The van der Waals surface area contributed by atoms with Crippen LogP contribution in [0.4, 0.5) is 0 Å². The Morgan fingerprint density at radius 3 is 1.71 bits per heavy atom. The van der Waals surface area contributed by atoms with Crippen molar-refractivity contribution in [3.05, 3.63) is 0 Å². The molecule has 0 aromatic rings. The van der Waals surface area contributed by atoms with Crippen LogP contribution in [0.1, 0.15) is 76.2 Å². The highest BCUT2D eigenvalue weighted by molar-refractivity contribution is 9.09. The molecule has 3 rings (SSSR count). The molecule has 4 nitrogen and oxygen atoms in total. The molecule has 3 aliphatic heterocycles. The van der Waals surface area contributed by atoms with Crippen molar-refractivity contribution in [2.45, 2.75) is 112 Å². The first-order valence-corrected chi connectivity index (χ1v) is 11.9. The Labute approximate surface area is 181 Å². The first-order chi connectivity index (χ1) is 12.7. The van der Waals surface area contributed by atoms with Gasteiger partial charge in [0.05, 0.1) is 12.2 Å². The van der Waals surface area contributed by atoms with Crippen LogP contribution >= 0.6 is 15.9 Å². The summed E-state index contributed by atoms with van der Waals surface area (Å²) < 4.78 is 23.9. The maximum Gasteiger partial charge on any atom is 0.187 e. The van der Waals surface area contributed by atoms with Gasteiger partial charge in [-0.05, 0) is 50.4 Å². The highest BCUT2D eigenvalue weighted by Crippen LogP contribution is 2.47. The van der Waals surface area contributed by atoms with Crippen LogP contribution in [-0.4, -0.2) is 35.4 Å². The fourth-order valence-electron chi connectivity index (χ4n) is 4.11. The van der Waals surface area contributed by atoms with Crippen molar-refractivity contribution in [3.8, 4) is 0 Å².